The lowest BCUT2D eigenvalue weighted by atomic mass is 10.2. The van der Waals surface area contributed by atoms with Gasteiger partial charge in [0.05, 0.1) is 5.75 Å². The number of benzene rings is 1. The first-order valence-electron chi connectivity index (χ1n) is 6.43. The van der Waals surface area contributed by atoms with E-state index in [1.165, 1.54) is 11.8 Å². The number of fused-ring (bicyclic) bond motifs is 1. The van der Waals surface area contributed by atoms with Gasteiger partial charge in [-0.15, -0.1) is 10.2 Å². The second kappa shape index (κ2) is 5.34. The van der Waals surface area contributed by atoms with Crippen molar-refractivity contribution < 1.29 is 18.4 Å². The van der Waals surface area contributed by atoms with E-state index in [1.54, 1.807) is 6.92 Å². The Morgan fingerprint density at radius 2 is 2.09 bits per heavy atom. The van der Waals surface area contributed by atoms with Gasteiger partial charge >= 0.3 is 0 Å². The molecule has 112 valence electrons. The Balaban J connectivity index is 1.49. The van der Waals surface area contributed by atoms with Crippen LogP contribution in [0, 0.1) is 6.92 Å². The van der Waals surface area contributed by atoms with Crippen LogP contribution in [0.25, 0.3) is 11.4 Å². The number of ether oxygens (including phenoxy) is 2. The normalized spacial score (nSPS) is 12.8. The van der Waals surface area contributed by atoms with Crippen molar-refractivity contribution in [3.8, 4) is 22.9 Å². The molecule has 0 saturated carbocycles. The molecule has 3 heterocycles. The highest BCUT2D eigenvalue weighted by Gasteiger charge is 2.17. The summed E-state index contributed by atoms with van der Waals surface area (Å²) in [6.07, 6.45) is 0. The lowest BCUT2D eigenvalue weighted by Crippen LogP contribution is -1.92. The van der Waals surface area contributed by atoms with Crippen LogP contribution in [0.5, 0.6) is 11.5 Å². The SMILES string of the molecule is Cc1nnc(SCc2nc(-c3ccc4c(c3)OCO4)no2)o1. The van der Waals surface area contributed by atoms with Crippen LogP contribution in [0.2, 0.25) is 0 Å². The molecule has 0 spiro atoms. The van der Waals surface area contributed by atoms with Crippen molar-refractivity contribution in [2.75, 3.05) is 6.79 Å². The molecule has 22 heavy (non-hydrogen) atoms. The third-order valence-electron chi connectivity index (χ3n) is 2.93. The molecule has 8 nitrogen and oxygen atoms in total. The van der Waals surface area contributed by atoms with E-state index in [4.69, 9.17) is 18.4 Å². The summed E-state index contributed by atoms with van der Waals surface area (Å²) in [6, 6.07) is 5.51. The minimum absolute atomic E-state index is 0.233. The second-order valence-corrected chi connectivity index (χ2v) is 5.38. The molecule has 0 fully saturated rings. The molecular weight excluding hydrogens is 308 g/mol. The van der Waals surface area contributed by atoms with Crippen molar-refractivity contribution in [2.24, 2.45) is 0 Å². The predicted molar refractivity (Wildman–Crippen MR) is 74.5 cm³/mol. The summed E-state index contributed by atoms with van der Waals surface area (Å²) < 4.78 is 21.1. The molecule has 0 radical (unpaired) electrons. The number of aromatic nitrogens is 4. The van der Waals surface area contributed by atoms with Gasteiger partial charge in [-0.25, -0.2) is 0 Å². The Morgan fingerprint density at radius 1 is 1.18 bits per heavy atom. The van der Waals surface area contributed by atoms with Crippen molar-refractivity contribution in [2.45, 2.75) is 17.9 Å². The second-order valence-electron chi connectivity index (χ2n) is 4.46. The molecule has 0 saturated heterocycles. The van der Waals surface area contributed by atoms with Gasteiger partial charge in [0, 0.05) is 12.5 Å². The van der Waals surface area contributed by atoms with Crippen LogP contribution >= 0.6 is 11.8 Å². The number of aryl methyl sites for hydroxylation is 1. The average molecular weight is 318 g/mol. The average Bonchev–Trinajstić information content (AvgIpc) is 3.24. The molecule has 0 amide bonds. The molecule has 1 aliphatic heterocycles. The highest BCUT2D eigenvalue weighted by molar-refractivity contribution is 7.98. The lowest BCUT2D eigenvalue weighted by molar-refractivity contribution is 0.174. The molecule has 0 atom stereocenters. The van der Waals surface area contributed by atoms with E-state index in [2.05, 4.69) is 20.3 Å². The third kappa shape index (κ3) is 2.50. The van der Waals surface area contributed by atoms with Crippen molar-refractivity contribution in [3.63, 3.8) is 0 Å². The molecule has 0 N–H and O–H groups in total. The molecule has 1 aliphatic rings. The fourth-order valence-corrected chi connectivity index (χ4v) is 2.57. The van der Waals surface area contributed by atoms with E-state index in [1.807, 2.05) is 18.2 Å². The summed E-state index contributed by atoms with van der Waals surface area (Å²) in [7, 11) is 0. The van der Waals surface area contributed by atoms with Crippen LogP contribution in [0.15, 0.2) is 32.4 Å². The molecule has 2 aromatic heterocycles. The van der Waals surface area contributed by atoms with Gasteiger partial charge in [-0.2, -0.15) is 4.98 Å². The van der Waals surface area contributed by atoms with Gasteiger partial charge < -0.3 is 18.4 Å². The smallest absolute Gasteiger partial charge is 0.277 e. The zero-order valence-corrected chi connectivity index (χ0v) is 12.3. The summed E-state index contributed by atoms with van der Waals surface area (Å²) in [5, 5.41) is 12.1. The third-order valence-corrected chi connectivity index (χ3v) is 3.73. The molecule has 0 aliphatic carbocycles. The Hall–Kier alpha value is -2.55. The highest BCUT2D eigenvalue weighted by atomic mass is 32.2. The summed E-state index contributed by atoms with van der Waals surface area (Å²) in [4.78, 5) is 4.34. The summed E-state index contributed by atoms with van der Waals surface area (Å²) >= 11 is 1.34. The van der Waals surface area contributed by atoms with E-state index in [0.717, 1.165) is 11.3 Å². The predicted octanol–water partition coefficient (Wildman–Crippen LogP) is 2.45. The first-order chi connectivity index (χ1) is 10.8. The van der Waals surface area contributed by atoms with E-state index in [0.29, 0.717) is 34.3 Å². The fourth-order valence-electron chi connectivity index (χ4n) is 1.93. The van der Waals surface area contributed by atoms with Gasteiger partial charge in [-0.1, -0.05) is 16.9 Å². The monoisotopic (exact) mass is 318 g/mol. The van der Waals surface area contributed by atoms with E-state index in [-0.39, 0.29) is 6.79 Å². The van der Waals surface area contributed by atoms with E-state index < -0.39 is 0 Å². The van der Waals surface area contributed by atoms with Gasteiger partial charge in [-0.3, -0.25) is 0 Å². The summed E-state index contributed by atoms with van der Waals surface area (Å²) in [5.41, 5.74) is 0.804. The Kier molecular flexibility index (Phi) is 3.19. The Morgan fingerprint density at radius 3 is 2.95 bits per heavy atom. The number of hydrogen-bond acceptors (Lipinski definition) is 9. The van der Waals surface area contributed by atoms with Crippen LogP contribution < -0.4 is 9.47 Å². The van der Waals surface area contributed by atoms with Gasteiger partial charge in [0.1, 0.15) is 0 Å². The maximum atomic E-state index is 5.33. The zero-order valence-electron chi connectivity index (χ0n) is 11.5. The first-order valence-corrected chi connectivity index (χ1v) is 7.42. The van der Waals surface area contributed by atoms with Crippen LogP contribution in [-0.4, -0.2) is 27.1 Å². The Bertz CT molecular complexity index is 816. The van der Waals surface area contributed by atoms with Crippen molar-refractivity contribution >= 4 is 11.8 Å². The topological polar surface area (TPSA) is 96.3 Å². The highest BCUT2D eigenvalue weighted by Crippen LogP contribution is 2.35. The maximum absolute atomic E-state index is 5.33. The summed E-state index contributed by atoms with van der Waals surface area (Å²) in [6.45, 7) is 1.97. The maximum Gasteiger partial charge on any atom is 0.277 e. The van der Waals surface area contributed by atoms with Gasteiger partial charge in [-0.05, 0) is 18.2 Å². The Labute approximate surface area is 128 Å². The van der Waals surface area contributed by atoms with E-state index >= 15 is 0 Å². The number of rotatable bonds is 4. The fraction of sp³-hybridized carbons (Fsp3) is 0.231. The standard InChI is InChI=1S/C13H10N4O4S/c1-7-15-16-13(20-7)22-5-11-14-12(17-21-11)8-2-3-9-10(4-8)19-6-18-9/h2-4H,5-6H2,1H3. The van der Waals surface area contributed by atoms with Gasteiger partial charge in [0.25, 0.3) is 5.22 Å². The minimum Gasteiger partial charge on any atom is -0.454 e. The van der Waals surface area contributed by atoms with Crippen LogP contribution in [0.4, 0.5) is 0 Å². The molecule has 4 rings (SSSR count). The lowest BCUT2D eigenvalue weighted by Gasteiger charge is -1.97. The number of hydrogen-bond donors (Lipinski definition) is 0. The van der Waals surface area contributed by atoms with Crippen LogP contribution in [0.3, 0.4) is 0 Å². The van der Waals surface area contributed by atoms with Gasteiger partial charge in [0.15, 0.2) is 11.5 Å². The van der Waals surface area contributed by atoms with Gasteiger partial charge in [0.2, 0.25) is 24.4 Å². The van der Waals surface area contributed by atoms with Crippen molar-refractivity contribution in [3.05, 3.63) is 30.0 Å². The zero-order chi connectivity index (χ0) is 14.9. The largest absolute Gasteiger partial charge is 0.454 e. The van der Waals surface area contributed by atoms with Crippen molar-refractivity contribution in [1.82, 2.24) is 20.3 Å². The molecule has 9 heteroatoms. The number of thioether (sulfide) groups is 1. The molecule has 0 bridgehead atoms. The van der Waals surface area contributed by atoms with Crippen LogP contribution in [0.1, 0.15) is 11.8 Å². The quantitative estimate of drug-likeness (QED) is 0.672. The summed E-state index contributed by atoms with van der Waals surface area (Å²) in [5.74, 6) is 3.35. The minimum atomic E-state index is 0.233. The molecular formula is C13H10N4O4S. The molecule has 0 unspecified atom stereocenters. The van der Waals surface area contributed by atoms with Crippen LogP contribution in [-0.2, 0) is 5.75 Å². The molecule has 3 aromatic rings. The van der Waals surface area contributed by atoms with Crippen molar-refractivity contribution in [1.29, 1.82) is 0 Å². The molecule has 1 aromatic carbocycles. The number of nitrogens with zero attached hydrogens (tertiary/aromatic N) is 4. The van der Waals surface area contributed by atoms with E-state index in [9.17, 15) is 0 Å². The first kappa shape index (κ1) is 13.1.